The van der Waals surface area contributed by atoms with Gasteiger partial charge in [0, 0.05) is 45.3 Å². The van der Waals surface area contributed by atoms with Crippen molar-refractivity contribution in [3.05, 3.63) is 59.7 Å². The number of likely N-dealkylation sites (tertiary alicyclic amines) is 1. The number of rotatable bonds is 9. The maximum atomic E-state index is 12.7. The Bertz CT molecular complexity index is 830. The van der Waals surface area contributed by atoms with E-state index in [1.165, 1.54) is 5.56 Å². The van der Waals surface area contributed by atoms with Gasteiger partial charge in [-0.2, -0.15) is 0 Å². The normalized spacial score (nSPS) is 15.1. The molecule has 0 saturated carbocycles. The van der Waals surface area contributed by atoms with Crippen LogP contribution in [0.15, 0.2) is 48.5 Å². The quantitative estimate of drug-likeness (QED) is 0.616. The zero-order chi connectivity index (χ0) is 22.2. The van der Waals surface area contributed by atoms with Crippen LogP contribution in [0.4, 0.5) is 0 Å². The zero-order valence-electron chi connectivity index (χ0n) is 19.2. The van der Waals surface area contributed by atoms with Gasteiger partial charge in [0.05, 0.1) is 7.11 Å². The van der Waals surface area contributed by atoms with Crippen molar-refractivity contribution in [2.75, 3.05) is 54.4 Å². The van der Waals surface area contributed by atoms with E-state index in [0.29, 0.717) is 12.1 Å². The molecule has 6 nitrogen and oxygen atoms in total. The summed E-state index contributed by atoms with van der Waals surface area (Å²) in [5.41, 5.74) is 1.97. The number of likely N-dealkylation sites (N-methyl/N-ethyl adjacent to an activating group) is 2. The molecule has 3 rings (SSSR count). The van der Waals surface area contributed by atoms with Gasteiger partial charge >= 0.3 is 0 Å². The van der Waals surface area contributed by atoms with Crippen molar-refractivity contribution in [3.63, 3.8) is 0 Å². The lowest BCUT2D eigenvalue weighted by Crippen LogP contribution is -2.37. The third-order valence-electron chi connectivity index (χ3n) is 5.71. The molecule has 0 atom stereocenters. The van der Waals surface area contributed by atoms with E-state index in [2.05, 4.69) is 21.9 Å². The molecule has 31 heavy (non-hydrogen) atoms. The first kappa shape index (κ1) is 23.1. The van der Waals surface area contributed by atoms with Crippen molar-refractivity contribution in [1.82, 2.24) is 14.7 Å². The van der Waals surface area contributed by atoms with Crippen LogP contribution in [0.1, 0.15) is 28.8 Å². The van der Waals surface area contributed by atoms with E-state index in [1.54, 1.807) is 12.0 Å². The average Bonchev–Trinajstić information content (AvgIpc) is 2.79. The summed E-state index contributed by atoms with van der Waals surface area (Å²) in [6.45, 7) is 4.49. The predicted octanol–water partition coefficient (Wildman–Crippen LogP) is 3.37. The molecule has 2 aromatic carbocycles. The number of nitrogens with zero attached hydrogens (tertiary/aromatic N) is 3. The molecule has 2 aromatic rings. The summed E-state index contributed by atoms with van der Waals surface area (Å²) in [5, 5.41) is 0. The SMILES string of the molecule is COc1ccc(CN2CCC(Oc3cccc(C(=O)N(C)CCN(C)C)c3)CC2)cc1. The Morgan fingerprint density at radius 2 is 1.71 bits per heavy atom. The van der Waals surface area contributed by atoms with Crippen LogP contribution in [0.2, 0.25) is 0 Å². The van der Waals surface area contributed by atoms with E-state index in [-0.39, 0.29) is 12.0 Å². The topological polar surface area (TPSA) is 45.3 Å². The Hall–Kier alpha value is -2.57. The summed E-state index contributed by atoms with van der Waals surface area (Å²) in [5.74, 6) is 1.70. The van der Waals surface area contributed by atoms with Crippen molar-refractivity contribution in [2.45, 2.75) is 25.5 Å². The van der Waals surface area contributed by atoms with Gasteiger partial charge in [0.15, 0.2) is 0 Å². The molecule has 0 N–H and O–H groups in total. The lowest BCUT2D eigenvalue weighted by Gasteiger charge is -2.32. The maximum Gasteiger partial charge on any atom is 0.253 e. The highest BCUT2D eigenvalue weighted by Gasteiger charge is 2.21. The first-order valence-corrected chi connectivity index (χ1v) is 11.0. The Morgan fingerprint density at radius 3 is 2.35 bits per heavy atom. The van der Waals surface area contributed by atoms with Gasteiger partial charge in [-0.05, 0) is 62.8 Å². The van der Waals surface area contributed by atoms with Crippen LogP contribution in [-0.4, -0.2) is 81.1 Å². The third kappa shape index (κ3) is 6.97. The standard InChI is InChI=1S/C25H35N3O3/c1-26(2)16-17-27(3)25(29)21-6-5-7-24(18-21)31-23-12-14-28(15-13-23)19-20-8-10-22(30-4)11-9-20/h5-11,18,23H,12-17,19H2,1-4H3. The van der Waals surface area contributed by atoms with Crippen molar-refractivity contribution in [1.29, 1.82) is 0 Å². The minimum atomic E-state index is 0.0293. The Labute approximate surface area is 186 Å². The van der Waals surface area contributed by atoms with E-state index in [9.17, 15) is 4.79 Å². The molecule has 1 aliphatic heterocycles. The smallest absolute Gasteiger partial charge is 0.253 e. The summed E-state index contributed by atoms with van der Waals surface area (Å²) in [6.07, 6.45) is 2.15. The van der Waals surface area contributed by atoms with Crippen molar-refractivity contribution < 1.29 is 14.3 Å². The Morgan fingerprint density at radius 1 is 1.00 bits per heavy atom. The monoisotopic (exact) mass is 425 g/mol. The van der Waals surface area contributed by atoms with E-state index in [1.807, 2.05) is 57.5 Å². The van der Waals surface area contributed by atoms with E-state index in [4.69, 9.17) is 9.47 Å². The second-order valence-corrected chi connectivity index (χ2v) is 8.50. The van der Waals surface area contributed by atoms with Gasteiger partial charge in [-0.1, -0.05) is 18.2 Å². The molecule has 168 valence electrons. The van der Waals surface area contributed by atoms with Crippen LogP contribution in [0.25, 0.3) is 0 Å². The number of ether oxygens (including phenoxy) is 2. The van der Waals surface area contributed by atoms with Gasteiger partial charge in [-0.3, -0.25) is 9.69 Å². The van der Waals surface area contributed by atoms with Gasteiger partial charge in [0.2, 0.25) is 0 Å². The number of benzene rings is 2. The fourth-order valence-corrected chi connectivity index (χ4v) is 3.74. The number of amides is 1. The predicted molar refractivity (Wildman–Crippen MR) is 124 cm³/mol. The minimum absolute atomic E-state index is 0.0293. The molecule has 0 aliphatic carbocycles. The Kier molecular flexibility index (Phi) is 8.32. The fourth-order valence-electron chi connectivity index (χ4n) is 3.74. The molecule has 1 saturated heterocycles. The second-order valence-electron chi connectivity index (χ2n) is 8.50. The largest absolute Gasteiger partial charge is 0.497 e. The number of carbonyl (C=O) groups excluding carboxylic acids is 1. The van der Waals surface area contributed by atoms with E-state index < -0.39 is 0 Å². The van der Waals surface area contributed by atoms with Gasteiger partial charge in [0.25, 0.3) is 5.91 Å². The molecule has 0 aromatic heterocycles. The van der Waals surface area contributed by atoms with E-state index >= 15 is 0 Å². The molecule has 0 bridgehead atoms. The van der Waals surface area contributed by atoms with Crippen molar-refractivity contribution in [2.24, 2.45) is 0 Å². The minimum Gasteiger partial charge on any atom is -0.497 e. The summed E-state index contributed by atoms with van der Waals surface area (Å²) in [6, 6.07) is 15.9. The third-order valence-corrected chi connectivity index (χ3v) is 5.71. The van der Waals surface area contributed by atoms with Crippen LogP contribution < -0.4 is 9.47 Å². The molecule has 1 heterocycles. The van der Waals surface area contributed by atoms with Crippen molar-refractivity contribution >= 4 is 5.91 Å². The zero-order valence-corrected chi connectivity index (χ0v) is 19.2. The van der Waals surface area contributed by atoms with Crippen LogP contribution in [0.5, 0.6) is 11.5 Å². The number of carbonyl (C=O) groups is 1. The van der Waals surface area contributed by atoms with Crippen LogP contribution in [-0.2, 0) is 6.54 Å². The van der Waals surface area contributed by atoms with Crippen LogP contribution in [0.3, 0.4) is 0 Å². The Balaban J connectivity index is 1.48. The first-order chi connectivity index (χ1) is 14.9. The van der Waals surface area contributed by atoms with Gasteiger partial charge in [0.1, 0.15) is 17.6 Å². The number of piperidine rings is 1. The maximum absolute atomic E-state index is 12.7. The van der Waals surface area contributed by atoms with E-state index in [0.717, 1.165) is 50.5 Å². The molecular formula is C25H35N3O3. The number of hydrogen-bond donors (Lipinski definition) is 0. The van der Waals surface area contributed by atoms with Crippen LogP contribution >= 0.6 is 0 Å². The summed E-state index contributed by atoms with van der Waals surface area (Å²) < 4.78 is 11.5. The highest BCUT2D eigenvalue weighted by molar-refractivity contribution is 5.94. The second kappa shape index (κ2) is 11.2. The average molecular weight is 426 g/mol. The van der Waals surface area contributed by atoms with Gasteiger partial charge in [-0.15, -0.1) is 0 Å². The lowest BCUT2D eigenvalue weighted by molar-refractivity contribution is 0.0783. The van der Waals surface area contributed by atoms with Gasteiger partial charge < -0.3 is 19.3 Å². The molecule has 0 radical (unpaired) electrons. The van der Waals surface area contributed by atoms with Gasteiger partial charge in [-0.25, -0.2) is 0 Å². The molecular weight excluding hydrogens is 390 g/mol. The summed E-state index contributed by atoms with van der Waals surface area (Å²) in [4.78, 5) is 19.0. The molecule has 1 amide bonds. The molecule has 0 spiro atoms. The summed E-state index contributed by atoms with van der Waals surface area (Å²) >= 11 is 0. The number of methoxy groups -OCH3 is 1. The summed E-state index contributed by atoms with van der Waals surface area (Å²) in [7, 11) is 7.55. The highest BCUT2D eigenvalue weighted by atomic mass is 16.5. The first-order valence-electron chi connectivity index (χ1n) is 11.0. The number of hydrogen-bond acceptors (Lipinski definition) is 5. The highest BCUT2D eigenvalue weighted by Crippen LogP contribution is 2.22. The van der Waals surface area contributed by atoms with Crippen molar-refractivity contribution in [3.8, 4) is 11.5 Å². The van der Waals surface area contributed by atoms with Crippen LogP contribution in [0, 0.1) is 0 Å². The molecule has 1 aliphatic rings. The molecule has 6 heteroatoms. The fraction of sp³-hybridized carbons (Fsp3) is 0.480. The molecule has 1 fully saturated rings. The lowest BCUT2D eigenvalue weighted by atomic mass is 10.1. The molecule has 0 unspecified atom stereocenters.